The van der Waals surface area contributed by atoms with Crippen LogP contribution in [0.2, 0.25) is 0 Å². The number of nitrogens with zero attached hydrogens (tertiary/aromatic N) is 3. The van der Waals surface area contributed by atoms with E-state index >= 15 is 4.39 Å². The summed E-state index contributed by atoms with van der Waals surface area (Å²) in [6.45, 7) is 2.91. The fourth-order valence-corrected chi connectivity index (χ4v) is 5.44. The van der Waals surface area contributed by atoms with Gasteiger partial charge in [0, 0.05) is 42.2 Å². The summed E-state index contributed by atoms with van der Waals surface area (Å²) < 4.78 is 53.9. The fourth-order valence-electron chi connectivity index (χ4n) is 5.44. The molecule has 4 heterocycles. The molecule has 0 aliphatic carbocycles. The number of aromatic nitrogens is 3. The molecule has 1 atom stereocenters. The van der Waals surface area contributed by atoms with Gasteiger partial charge in [0.1, 0.15) is 29.8 Å². The van der Waals surface area contributed by atoms with Crippen molar-refractivity contribution < 1.29 is 32.5 Å². The van der Waals surface area contributed by atoms with Crippen LogP contribution in [0.15, 0.2) is 72.8 Å². The number of fused-ring (bicyclic) bond motifs is 1. The van der Waals surface area contributed by atoms with Crippen molar-refractivity contribution in [2.24, 2.45) is 0 Å². The van der Waals surface area contributed by atoms with E-state index in [4.69, 9.17) is 23.9 Å². The number of halogens is 2. The van der Waals surface area contributed by atoms with Gasteiger partial charge in [-0.2, -0.15) is 0 Å². The molecule has 0 unspecified atom stereocenters. The second kappa shape index (κ2) is 12.1. The summed E-state index contributed by atoms with van der Waals surface area (Å²) in [5.41, 5.74) is 4.46. The zero-order valence-corrected chi connectivity index (χ0v) is 23.7. The predicted molar refractivity (Wildman–Crippen MR) is 158 cm³/mol. The molecule has 2 aliphatic rings. The predicted octanol–water partition coefficient (Wildman–Crippen LogP) is 5.98. The summed E-state index contributed by atoms with van der Waals surface area (Å²) in [7, 11) is 0. The van der Waals surface area contributed by atoms with E-state index in [0.29, 0.717) is 72.7 Å². The van der Waals surface area contributed by atoms with Crippen molar-refractivity contribution in [1.29, 1.82) is 0 Å². The lowest BCUT2D eigenvalue weighted by molar-refractivity contribution is -0.120. The Morgan fingerprint density at radius 2 is 1.80 bits per heavy atom. The van der Waals surface area contributed by atoms with Crippen LogP contribution in [-0.4, -0.2) is 46.9 Å². The first-order chi connectivity index (χ1) is 21.5. The van der Waals surface area contributed by atoms with Gasteiger partial charge in [0.05, 0.1) is 42.6 Å². The molecule has 2 aliphatic heterocycles. The highest BCUT2D eigenvalue weighted by Crippen LogP contribution is 2.29. The van der Waals surface area contributed by atoms with E-state index in [1.807, 2.05) is 16.7 Å². The van der Waals surface area contributed by atoms with E-state index in [2.05, 4.69) is 4.98 Å². The van der Waals surface area contributed by atoms with Crippen molar-refractivity contribution in [3.8, 4) is 22.9 Å². The monoisotopic (exact) mass is 597 g/mol. The first-order valence-corrected chi connectivity index (χ1v) is 14.5. The van der Waals surface area contributed by atoms with Crippen LogP contribution in [0.4, 0.5) is 8.78 Å². The van der Waals surface area contributed by atoms with Gasteiger partial charge in [0.2, 0.25) is 5.88 Å². The van der Waals surface area contributed by atoms with Gasteiger partial charge in [0.15, 0.2) is 0 Å². The third-order valence-corrected chi connectivity index (χ3v) is 8.15. The molecule has 0 saturated carbocycles. The normalized spacial score (nSPS) is 16.4. The highest BCUT2D eigenvalue weighted by Gasteiger charge is 2.23. The molecule has 8 nitrogen and oxygen atoms in total. The van der Waals surface area contributed by atoms with E-state index in [0.717, 1.165) is 23.0 Å². The Hall–Kier alpha value is -4.67. The van der Waals surface area contributed by atoms with Gasteiger partial charge in [-0.05, 0) is 47.9 Å². The second-order valence-corrected chi connectivity index (χ2v) is 11.0. The van der Waals surface area contributed by atoms with Crippen LogP contribution >= 0.6 is 0 Å². The Morgan fingerprint density at radius 3 is 2.52 bits per heavy atom. The molecule has 0 radical (unpaired) electrons. The molecule has 2 fully saturated rings. The van der Waals surface area contributed by atoms with E-state index in [-0.39, 0.29) is 30.9 Å². The number of carbonyl (C=O) groups excluding carboxylic acids is 1. The van der Waals surface area contributed by atoms with E-state index in [1.54, 1.807) is 48.5 Å². The van der Waals surface area contributed by atoms with Crippen molar-refractivity contribution in [2.75, 3.05) is 19.8 Å². The van der Waals surface area contributed by atoms with Crippen LogP contribution in [0, 0.1) is 11.6 Å². The molecule has 0 spiro atoms. The average molecular weight is 598 g/mol. The summed E-state index contributed by atoms with van der Waals surface area (Å²) in [5.74, 6) is 0.926. The van der Waals surface area contributed by atoms with Gasteiger partial charge in [0.25, 0.3) is 6.47 Å². The van der Waals surface area contributed by atoms with E-state index < -0.39 is 5.82 Å². The van der Waals surface area contributed by atoms with Crippen molar-refractivity contribution in [3.63, 3.8) is 0 Å². The van der Waals surface area contributed by atoms with E-state index in [9.17, 15) is 9.18 Å². The molecule has 3 aromatic carbocycles. The van der Waals surface area contributed by atoms with Gasteiger partial charge in [-0.1, -0.05) is 30.3 Å². The van der Waals surface area contributed by atoms with Crippen LogP contribution < -0.4 is 9.47 Å². The van der Waals surface area contributed by atoms with Crippen molar-refractivity contribution in [2.45, 2.75) is 38.0 Å². The first kappa shape index (κ1) is 28.1. The minimum Gasteiger partial charge on any atom is -0.473 e. The molecule has 224 valence electrons. The SMILES string of the molecule is O=COc1ccc2nc(Cc3ccc(-c4cccc(OCc5ccc(C6COC6)cc5F)n4)cc3F)n(C[C@@H]3CCO3)c2c1. The number of benzene rings is 3. The number of carbonyl (C=O) groups is 1. The third kappa shape index (κ3) is 5.78. The van der Waals surface area contributed by atoms with Crippen molar-refractivity contribution in [1.82, 2.24) is 14.5 Å². The largest absolute Gasteiger partial charge is 0.473 e. The molecule has 44 heavy (non-hydrogen) atoms. The lowest BCUT2D eigenvalue weighted by Crippen LogP contribution is -2.31. The Bertz CT molecular complexity index is 1830. The molecule has 2 saturated heterocycles. The van der Waals surface area contributed by atoms with Crippen LogP contribution in [0.5, 0.6) is 11.6 Å². The number of hydrogen-bond acceptors (Lipinski definition) is 7. The summed E-state index contributed by atoms with van der Waals surface area (Å²) in [4.78, 5) is 20.2. The topological polar surface area (TPSA) is 84.7 Å². The standard InChI is InChI=1S/C34H29F2N3O5/c35-28-13-23(30-2-1-3-34(38-30)43-19-24-7-4-21(12-29(24)36)25-17-41-18-25)6-5-22(28)14-33-37-31-9-8-26(44-20-40)15-32(31)39(33)16-27-10-11-42-27/h1-9,12-13,15,20,25,27H,10-11,14,16-19H2/t27-/m0/s1. The zero-order valence-electron chi connectivity index (χ0n) is 23.7. The number of imidazole rings is 1. The van der Waals surface area contributed by atoms with Crippen LogP contribution in [0.1, 0.15) is 34.9 Å². The van der Waals surface area contributed by atoms with Crippen molar-refractivity contribution >= 4 is 17.5 Å². The molecule has 5 aromatic rings. The minimum atomic E-state index is -0.391. The molecule has 7 rings (SSSR count). The lowest BCUT2D eigenvalue weighted by atomic mass is 9.96. The summed E-state index contributed by atoms with van der Waals surface area (Å²) >= 11 is 0. The molecule has 10 heteroatoms. The summed E-state index contributed by atoms with van der Waals surface area (Å²) in [6.07, 6.45) is 1.24. The molecule has 2 aromatic heterocycles. The maximum atomic E-state index is 15.5. The second-order valence-electron chi connectivity index (χ2n) is 11.0. The number of ether oxygens (including phenoxy) is 4. The van der Waals surface area contributed by atoms with E-state index in [1.165, 1.54) is 12.1 Å². The van der Waals surface area contributed by atoms with Gasteiger partial charge >= 0.3 is 0 Å². The summed E-state index contributed by atoms with van der Waals surface area (Å²) in [6, 6.07) is 20.6. The Labute approximate surface area is 252 Å². The number of hydrogen-bond donors (Lipinski definition) is 0. The molecule has 0 amide bonds. The van der Waals surface area contributed by atoms with Crippen LogP contribution in [0.3, 0.4) is 0 Å². The van der Waals surface area contributed by atoms with Gasteiger partial charge in [-0.15, -0.1) is 0 Å². The van der Waals surface area contributed by atoms with Gasteiger partial charge in [-0.3, -0.25) is 4.79 Å². The molecular formula is C34H29F2N3O5. The highest BCUT2D eigenvalue weighted by molar-refractivity contribution is 5.78. The minimum absolute atomic E-state index is 0.0205. The molecule has 0 N–H and O–H groups in total. The first-order valence-electron chi connectivity index (χ1n) is 14.5. The van der Waals surface area contributed by atoms with Crippen LogP contribution in [0.25, 0.3) is 22.3 Å². The number of pyridine rings is 1. The fraction of sp³-hybridized carbons (Fsp3) is 0.265. The smallest absolute Gasteiger partial charge is 0.298 e. The third-order valence-electron chi connectivity index (χ3n) is 8.15. The zero-order chi connectivity index (χ0) is 30.0. The quantitative estimate of drug-likeness (QED) is 0.173. The Kier molecular flexibility index (Phi) is 7.76. The molecule has 0 bridgehead atoms. The average Bonchev–Trinajstić information content (AvgIpc) is 3.31. The molecular weight excluding hydrogens is 568 g/mol. The maximum absolute atomic E-state index is 15.5. The highest BCUT2D eigenvalue weighted by atomic mass is 19.1. The lowest BCUT2D eigenvalue weighted by Gasteiger charge is -2.27. The maximum Gasteiger partial charge on any atom is 0.298 e. The number of rotatable bonds is 11. The van der Waals surface area contributed by atoms with Crippen molar-refractivity contribution in [3.05, 3.63) is 107 Å². The van der Waals surface area contributed by atoms with Crippen LogP contribution in [-0.2, 0) is 33.8 Å². The van der Waals surface area contributed by atoms with Gasteiger partial charge < -0.3 is 23.5 Å². The summed E-state index contributed by atoms with van der Waals surface area (Å²) in [5, 5.41) is 0. The Morgan fingerprint density at radius 1 is 0.955 bits per heavy atom. The van der Waals surface area contributed by atoms with Gasteiger partial charge in [-0.25, -0.2) is 18.7 Å². The Balaban J connectivity index is 1.08.